The first kappa shape index (κ1) is 25.3. The Kier molecular flexibility index (Phi) is 14.9. The smallest absolute Gasteiger partial charge is 0.748 e. The molecule has 0 aromatic carbocycles. The monoisotopic (exact) mass is 478 g/mol. The van der Waals surface area contributed by atoms with Gasteiger partial charge in [0.2, 0.25) is 0 Å². The van der Waals surface area contributed by atoms with Crippen LogP contribution in [0.1, 0.15) is 0 Å². The molecule has 0 unspecified atom stereocenters. The average molecular weight is 478 g/mol. The first-order valence-electron chi connectivity index (χ1n) is 2.72. The molecule has 0 rings (SSSR count). The Labute approximate surface area is 108 Å². The number of hydrogen-bond acceptors (Lipinski definition) is 9. The van der Waals surface area contributed by atoms with E-state index >= 15 is 0 Å². The van der Waals surface area contributed by atoms with E-state index in [4.69, 9.17) is 38.9 Å². The maximum atomic E-state index is 9.08. The Balaban J connectivity index is -0.0000000655. The third-order valence-electron chi connectivity index (χ3n) is 0. The van der Waals surface area contributed by atoms with Gasteiger partial charge in [0, 0.05) is 18.8 Å². The molecule has 16 heavy (non-hydrogen) atoms. The molecule has 0 aromatic rings. The zero-order valence-electron chi connectivity index (χ0n) is 8.23. The van der Waals surface area contributed by atoms with Crippen LogP contribution in [0.5, 0.6) is 0 Å². The van der Waals surface area contributed by atoms with Crippen LogP contribution in [-0.2, 0) is 50.5 Å². The Hall–Kier alpha value is 0.379. The summed E-state index contributed by atoms with van der Waals surface area (Å²) in [6.45, 7) is 0. The first-order chi connectivity index (χ1) is 6.00. The van der Waals surface area contributed by atoms with Crippen LogP contribution in [0.3, 0.4) is 0 Å². The van der Waals surface area contributed by atoms with E-state index in [0.717, 1.165) is 0 Å². The summed E-state index contributed by atoms with van der Waals surface area (Å²) in [5.41, 5.74) is 0. The second-order valence-electron chi connectivity index (χ2n) is 2.11. The van der Waals surface area contributed by atoms with Crippen LogP contribution >= 0.6 is 0 Å². The van der Waals surface area contributed by atoms with E-state index in [0.29, 0.717) is 18.8 Å². The van der Waals surface area contributed by atoms with E-state index in [9.17, 15) is 0 Å². The van der Waals surface area contributed by atoms with E-state index in [1.54, 1.807) is 0 Å². The fraction of sp³-hybridized carbons (Fsp3) is 1.00. The Morgan fingerprint density at radius 1 is 0.562 bits per heavy atom. The van der Waals surface area contributed by atoms with Gasteiger partial charge in [0.15, 0.2) is 0 Å². The van der Waals surface area contributed by atoms with Crippen LogP contribution in [0, 0.1) is 0 Å². The minimum Gasteiger partial charge on any atom is -0.748 e. The van der Waals surface area contributed by atoms with E-state index in [1.165, 1.54) is 0 Å². The van der Waals surface area contributed by atoms with Crippen molar-refractivity contribution in [1.29, 1.82) is 0 Å². The molecule has 0 saturated heterocycles. The summed E-state index contributed by atoms with van der Waals surface area (Å²) >= 11 is 0. The van der Waals surface area contributed by atoms with Crippen LogP contribution in [0.15, 0.2) is 0 Å². The molecule has 13 heteroatoms. The molecule has 0 spiro atoms. The van der Waals surface area contributed by atoms with E-state index in [2.05, 4.69) is 0 Å². The maximum absolute atomic E-state index is 9.08. The van der Waals surface area contributed by atoms with Gasteiger partial charge in [-0.25, -0.2) is 25.3 Å². The molecule has 0 radical (unpaired) electrons. The van der Waals surface area contributed by atoms with Gasteiger partial charge in [-0.2, -0.15) is 0 Å². The summed E-state index contributed by atoms with van der Waals surface area (Å²) in [4.78, 5) is 0. The molecule has 0 aliphatic rings. The van der Waals surface area contributed by atoms with Crippen molar-refractivity contribution in [3.8, 4) is 0 Å². The molecule has 0 aliphatic heterocycles. The van der Waals surface area contributed by atoms with Crippen LogP contribution in [0.4, 0.5) is 0 Å². The van der Waals surface area contributed by atoms with Crippen LogP contribution in [-0.4, -0.2) is 57.7 Å². The van der Waals surface area contributed by atoms with Gasteiger partial charge in [-0.1, -0.05) is 0 Å². The van der Waals surface area contributed by atoms with Crippen molar-refractivity contribution < 1.29 is 59.0 Å². The first-order valence-corrected chi connectivity index (χ1v) is 8.17. The quantitative estimate of drug-likeness (QED) is 0.341. The van der Waals surface area contributed by atoms with Crippen LogP contribution in [0.25, 0.3) is 0 Å². The molecule has 0 amide bonds. The van der Waals surface area contributed by atoms with Gasteiger partial charge in [-0.3, -0.25) is 0 Å². The SMILES string of the molecule is CS(=O)(=O)[O-].CS(=O)(=O)[O-].CS(=O)(=O)[O-].[Ir+3]. The second kappa shape index (κ2) is 9.41. The fourth-order valence-corrected chi connectivity index (χ4v) is 0. The average Bonchev–Trinajstić information content (AvgIpc) is 1.41. The van der Waals surface area contributed by atoms with Crippen molar-refractivity contribution in [3.05, 3.63) is 0 Å². The van der Waals surface area contributed by atoms with Crippen LogP contribution in [0.2, 0.25) is 0 Å². The fourth-order valence-electron chi connectivity index (χ4n) is 0. The maximum Gasteiger partial charge on any atom is 3.00 e. The summed E-state index contributed by atoms with van der Waals surface area (Å²) in [5, 5.41) is 0. The largest absolute Gasteiger partial charge is 3.00 e. The summed E-state index contributed by atoms with van der Waals surface area (Å²) in [7, 11) is -11.8. The van der Waals surface area contributed by atoms with Gasteiger partial charge in [0.25, 0.3) is 0 Å². The standard InChI is InChI=1S/3CH4O3S.Ir/c3*1-5(2,3)4;/h3*1H3,(H,2,3,4);/q;;;+3/p-3. The van der Waals surface area contributed by atoms with Crippen molar-refractivity contribution >= 4 is 30.4 Å². The van der Waals surface area contributed by atoms with Crippen molar-refractivity contribution in [2.45, 2.75) is 0 Å². The van der Waals surface area contributed by atoms with Crippen molar-refractivity contribution in [1.82, 2.24) is 0 Å². The normalized spacial score (nSPS) is 10.9. The van der Waals surface area contributed by atoms with Gasteiger partial charge >= 0.3 is 20.1 Å². The molecule has 0 atom stereocenters. The van der Waals surface area contributed by atoms with E-state index in [-0.39, 0.29) is 20.1 Å². The van der Waals surface area contributed by atoms with Gasteiger partial charge < -0.3 is 13.7 Å². The molecule has 0 fully saturated rings. The Bertz CT molecular complexity index is 347. The van der Waals surface area contributed by atoms with Crippen molar-refractivity contribution in [3.63, 3.8) is 0 Å². The minimum absolute atomic E-state index is 0. The number of rotatable bonds is 0. The third kappa shape index (κ3) is 17900. The molecule has 0 bridgehead atoms. The third-order valence-corrected chi connectivity index (χ3v) is 0. The number of hydrogen-bond donors (Lipinski definition) is 0. The zero-order chi connectivity index (χ0) is 13.5. The molecule has 0 heterocycles. The zero-order valence-corrected chi connectivity index (χ0v) is 13.1. The molecule has 102 valence electrons. The predicted octanol–water partition coefficient (Wildman–Crippen LogP) is -2.52. The molecule has 0 saturated carbocycles. The van der Waals surface area contributed by atoms with E-state index in [1.807, 2.05) is 0 Å². The second-order valence-corrected chi connectivity index (χ2v) is 6.34. The summed E-state index contributed by atoms with van der Waals surface area (Å²) in [6, 6.07) is 0. The summed E-state index contributed by atoms with van der Waals surface area (Å²) < 4.78 is 81.7. The Morgan fingerprint density at radius 2 is 0.562 bits per heavy atom. The summed E-state index contributed by atoms with van der Waals surface area (Å²) in [5.74, 6) is 0. The van der Waals surface area contributed by atoms with Gasteiger partial charge in [0.1, 0.15) is 0 Å². The predicted molar refractivity (Wildman–Crippen MR) is 46.9 cm³/mol. The van der Waals surface area contributed by atoms with Gasteiger partial charge in [-0.05, 0) is 0 Å². The van der Waals surface area contributed by atoms with Gasteiger partial charge in [0.05, 0.1) is 30.4 Å². The molecule has 9 nitrogen and oxygen atoms in total. The van der Waals surface area contributed by atoms with E-state index < -0.39 is 30.4 Å². The topological polar surface area (TPSA) is 172 Å². The summed E-state index contributed by atoms with van der Waals surface area (Å²) in [6.07, 6.45) is 1.81. The molecule has 0 N–H and O–H groups in total. The molecular formula is C3H9IrO9S3. The molecular weight excluding hydrogens is 468 g/mol. The van der Waals surface area contributed by atoms with Gasteiger partial charge in [-0.15, -0.1) is 0 Å². The molecule has 0 aliphatic carbocycles. The molecule has 0 aromatic heterocycles. The van der Waals surface area contributed by atoms with Crippen molar-refractivity contribution in [2.24, 2.45) is 0 Å². The Morgan fingerprint density at radius 3 is 0.562 bits per heavy atom. The van der Waals surface area contributed by atoms with Crippen molar-refractivity contribution in [2.75, 3.05) is 18.8 Å². The van der Waals surface area contributed by atoms with Crippen LogP contribution < -0.4 is 0 Å². The minimum atomic E-state index is -3.92.